The average Bonchev–Trinajstić information content (AvgIpc) is 2.34. The molecule has 0 unspecified atom stereocenters. The molecule has 4 heteroatoms. The molecule has 0 saturated heterocycles. The van der Waals surface area contributed by atoms with Gasteiger partial charge in [0.25, 0.3) is 5.91 Å². The summed E-state index contributed by atoms with van der Waals surface area (Å²) >= 11 is 0. The molecule has 0 heterocycles. The fraction of sp³-hybridized carbons (Fsp3) is 0.231. The lowest BCUT2D eigenvalue weighted by Gasteiger charge is -2.18. The lowest BCUT2D eigenvalue weighted by molar-refractivity contribution is -0.116. The third-order valence-electron chi connectivity index (χ3n) is 2.39. The minimum Gasteiger partial charge on any atom is -0.349 e. The summed E-state index contributed by atoms with van der Waals surface area (Å²) in [4.78, 5) is 24.6. The fourth-order valence-corrected chi connectivity index (χ4v) is 1.39. The first-order valence-electron chi connectivity index (χ1n) is 5.30. The van der Waals surface area contributed by atoms with Crippen LogP contribution in [0.25, 0.3) is 0 Å². The van der Waals surface area contributed by atoms with Crippen molar-refractivity contribution in [1.29, 1.82) is 0 Å². The van der Waals surface area contributed by atoms with E-state index in [1.54, 1.807) is 37.4 Å². The van der Waals surface area contributed by atoms with Gasteiger partial charge in [0.05, 0.1) is 11.3 Å². The first kappa shape index (κ1) is 13.0. The predicted octanol–water partition coefficient (Wildman–Crippen LogP) is 1.59. The highest BCUT2D eigenvalue weighted by molar-refractivity contribution is 6.04. The van der Waals surface area contributed by atoms with Gasteiger partial charge in [-0.25, -0.2) is 0 Å². The second-order valence-electron chi connectivity index (χ2n) is 3.59. The van der Waals surface area contributed by atoms with Gasteiger partial charge in [0.15, 0.2) is 0 Å². The van der Waals surface area contributed by atoms with Gasteiger partial charge in [-0.15, -0.1) is 6.58 Å². The summed E-state index contributed by atoms with van der Waals surface area (Å²) in [6.45, 7) is 5.39. The van der Waals surface area contributed by atoms with Crippen molar-refractivity contribution in [2.75, 3.05) is 18.5 Å². The van der Waals surface area contributed by atoms with E-state index in [1.165, 1.54) is 11.8 Å². The Kier molecular flexibility index (Phi) is 4.46. The summed E-state index contributed by atoms with van der Waals surface area (Å²) in [6, 6.07) is 6.98. The van der Waals surface area contributed by atoms with Gasteiger partial charge in [-0.05, 0) is 12.1 Å². The molecular formula is C13H16N2O2. The van der Waals surface area contributed by atoms with E-state index in [2.05, 4.69) is 11.9 Å². The van der Waals surface area contributed by atoms with Crippen molar-refractivity contribution in [3.05, 3.63) is 42.5 Å². The van der Waals surface area contributed by atoms with Crippen LogP contribution in [0.4, 0.5) is 5.69 Å². The van der Waals surface area contributed by atoms with E-state index in [4.69, 9.17) is 0 Å². The number of hydrogen-bond donors (Lipinski definition) is 1. The second kappa shape index (κ2) is 5.84. The summed E-state index contributed by atoms with van der Waals surface area (Å²) in [6.07, 6.45) is 1.61. The monoisotopic (exact) mass is 232 g/mol. The Morgan fingerprint density at radius 1 is 1.41 bits per heavy atom. The van der Waals surface area contributed by atoms with Crippen LogP contribution in [0.5, 0.6) is 0 Å². The van der Waals surface area contributed by atoms with Crippen molar-refractivity contribution in [2.24, 2.45) is 0 Å². The van der Waals surface area contributed by atoms with Crippen molar-refractivity contribution in [3.63, 3.8) is 0 Å². The molecule has 0 bridgehead atoms. The molecule has 1 N–H and O–H groups in total. The Morgan fingerprint density at radius 3 is 2.65 bits per heavy atom. The van der Waals surface area contributed by atoms with Crippen LogP contribution in [0, 0.1) is 0 Å². The van der Waals surface area contributed by atoms with Gasteiger partial charge in [-0.3, -0.25) is 9.59 Å². The van der Waals surface area contributed by atoms with Crippen LogP contribution < -0.4 is 10.2 Å². The summed E-state index contributed by atoms with van der Waals surface area (Å²) in [5, 5.41) is 2.69. The standard InChI is InChI=1S/C13H16N2O2/c1-4-9-14-13(17)11-7-5-6-8-12(11)15(3)10(2)16/h4-8H,1,9H2,2-3H3,(H,14,17). The molecule has 0 aromatic heterocycles. The number of benzene rings is 1. The summed E-state index contributed by atoms with van der Waals surface area (Å²) < 4.78 is 0. The maximum absolute atomic E-state index is 11.9. The van der Waals surface area contributed by atoms with E-state index >= 15 is 0 Å². The molecule has 0 aliphatic carbocycles. The smallest absolute Gasteiger partial charge is 0.253 e. The molecule has 1 aromatic carbocycles. The minimum atomic E-state index is -0.214. The van der Waals surface area contributed by atoms with Crippen LogP contribution in [0.15, 0.2) is 36.9 Å². The van der Waals surface area contributed by atoms with E-state index in [-0.39, 0.29) is 11.8 Å². The average molecular weight is 232 g/mol. The molecule has 0 spiro atoms. The molecule has 0 radical (unpaired) electrons. The van der Waals surface area contributed by atoms with Gasteiger partial charge in [-0.2, -0.15) is 0 Å². The van der Waals surface area contributed by atoms with Crippen LogP contribution in [-0.4, -0.2) is 25.4 Å². The third kappa shape index (κ3) is 3.17. The largest absolute Gasteiger partial charge is 0.349 e. The highest BCUT2D eigenvalue weighted by atomic mass is 16.2. The zero-order valence-corrected chi connectivity index (χ0v) is 10.1. The van der Waals surface area contributed by atoms with E-state index in [0.717, 1.165) is 0 Å². The van der Waals surface area contributed by atoms with Gasteiger partial charge < -0.3 is 10.2 Å². The van der Waals surface area contributed by atoms with E-state index in [0.29, 0.717) is 17.8 Å². The van der Waals surface area contributed by atoms with Crippen LogP contribution in [-0.2, 0) is 4.79 Å². The van der Waals surface area contributed by atoms with Crippen molar-refractivity contribution >= 4 is 17.5 Å². The Hall–Kier alpha value is -2.10. The highest BCUT2D eigenvalue weighted by Gasteiger charge is 2.15. The molecule has 17 heavy (non-hydrogen) atoms. The van der Waals surface area contributed by atoms with Gasteiger partial charge in [0, 0.05) is 20.5 Å². The lowest BCUT2D eigenvalue weighted by Crippen LogP contribution is -2.29. The molecule has 1 rings (SSSR count). The van der Waals surface area contributed by atoms with Crippen molar-refractivity contribution in [2.45, 2.75) is 6.92 Å². The van der Waals surface area contributed by atoms with Gasteiger partial charge in [0.1, 0.15) is 0 Å². The fourth-order valence-electron chi connectivity index (χ4n) is 1.39. The minimum absolute atomic E-state index is 0.117. The number of para-hydroxylation sites is 1. The quantitative estimate of drug-likeness (QED) is 0.801. The Balaban J connectivity index is 3.03. The number of rotatable bonds is 4. The molecule has 0 aliphatic rings. The summed E-state index contributed by atoms with van der Waals surface area (Å²) in [5.41, 5.74) is 1.08. The highest BCUT2D eigenvalue weighted by Crippen LogP contribution is 2.19. The van der Waals surface area contributed by atoms with Crippen molar-refractivity contribution in [1.82, 2.24) is 5.32 Å². The van der Waals surface area contributed by atoms with Crippen molar-refractivity contribution in [3.8, 4) is 0 Å². The van der Waals surface area contributed by atoms with Crippen molar-refractivity contribution < 1.29 is 9.59 Å². The third-order valence-corrected chi connectivity index (χ3v) is 2.39. The molecule has 0 atom stereocenters. The van der Waals surface area contributed by atoms with Gasteiger partial charge in [0.2, 0.25) is 5.91 Å². The molecule has 0 aliphatic heterocycles. The number of carbonyl (C=O) groups excluding carboxylic acids is 2. The van der Waals surface area contributed by atoms with E-state index < -0.39 is 0 Å². The van der Waals surface area contributed by atoms with Crippen LogP contribution in [0.3, 0.4) is 0 Å². The number of carbonyl (C=O) groups is 2. The maximum atomic E-state index is 11.9. The van der Waals surface area contributed by atoms with Gasteiger partial charge in [-0.1, -0.05) is 18.2 Å². The molecule has 0 saturated carbocycles. The first-order chi connectivity index (χ1) is 8.07. The number of hydrogen-bond acceptors (Lipinski definition) is 2. The predicted molar refractivity (Wildman–Crippen MR) is 68.1 cm³/mol. The molecule has 2 amide bonds. The second-order valence-corrected chi connectivity index (χ2v) is 3.59. The molecule has 90 valence electrons. The zero-order chi connectivity index (χ0) is 12.8. The first-order valence-corrected chi connectivity index (χ1v) is 5.30. The topological polar surface area (TPSA) is 49.4 Å². The van der Waals surface area contributed by atoms with Crippen LogP contribution in [0.2, 0.25) is 0 Å². The number of nitrogens with zero attached hydrogens (tertiary/aromatic N) is 1. The molecule has 1 aromatic rings. The number of nitrogens with one attached hydrogen (secondary N) is 1. The van der Waals surface area contributed by atoms with E-state index in [9.17, 15) is 9.59 Å². The molecule has 4 nitrogen and oxygen atoms in total. The summed E-state index contributed by atoms with van der Waals surface area (Å²) in [7, 11) is 1.64. The summed E-state index contributed by atoms with van der Waals surface area (Å²) in [5.74, 6) is -0.331. The lowest BCUT2D eigenvalue weighted by atomic mass is 10.1. The van der Waals surface area contributed by atoms with Crippen LogP contribution >= 0.6 is 0 Å². The van der Waals surface area contributed by atoms with Gasteiger partial charge >= 0.3 is 0 Å². The maximum Gasteiger partial charge on any atom is 0.253 e. The number of amides is 2. The van der Waals surface area contributed by atoms with E-state index in [1.807, 2.05) is 0 Å². The zero-order valence-electron chi connectivity index (χ0n) is 10.1. The Labute approximate surface area is 101 Å². The Bertz CT molecular complexity index is 441. The SMILES string of the molecule is C=CCNC(=O)c1ccccc1N(C)C(C)=O. The van der Waals surface area contributed by atoms with Crippen LogP contribution in [0.1, 0.15) is 17.3 Å². The normalized spacial score (nSPS) is 9.53. The number of anilines is 1. The molecule has 0 fully saturated rings. The Morgan fingerprint density at radius 2 is 2.06 bits per heavy atom. The molecular weight excluding hydrogens is 216 g/mol.